The number of rotatable bonds is 6. The lowest BCUT2D eigenvalue weighted by atomic mass is 10.1. The molecule has 4 aromatic carbocycles. The summed E-state index contributed by atoms with van der Waals surface area (Å²) in [5.74, 6) is -0.925. The lowest BCUT2D eigenvalue weighted by Crippen LogP contribution is -2.38. The standard InChI is InChI=1S/C28H23O3P/c1-31-28(30)27(26(29)22-14-6-2-7-15-22)32(23-16-8-3-9-17-23,24-18-10-4-11-19-24)25-20-12-5-13-21-25/h2-21H,1H3. The molecule has 0 fully saturated rings. The molecule has 0 saturated heterocycles. The second-order valence-corrected chi connectivity index (χ2v) is 10.6. The molecule has 4 heteroatoms. The Morgan fingerprint density at radius 1 is 0.562 bits per heavy atom. The Hall–Kier alpha value is -3.68. The van der Waals surface area contributed by atoms with Crippen molar-refractivity contribution in [2.45, 2.75) is 0 Å². The van der Waals surface area contributed by atoms with Crippen molar-refractivity contribution >= 4 is 39.8 Å². The highest BCUT2D eigenvalue weighted by molar-refractivity contribution is 7.97. The van der Waals surface area contributed by atoms with Gasteiger partial charge >= 0.3 is 5.97 Å². The average Bonchev–Trinajstić information content (AvgIpc) is 2.88. The van der Waals surface area contributed by atoms with E-state index in [9.17, 15) is 9.59 Å². The van der Waals surface area contributed by atoms with Gasteiger partial charge in [0.1, 0.15) is 5.29 Å². The quantitative estimate of drug-likeness (QED) is 0.196. The molecule has 0 bridgehead atoms. The fourth-order valence-corrected chi connectivity index (χ4v) is 8.32. The molecular formula is C28H23O3P. The third-order valence-electron chi connectivity index (χ3n) is 5.40. The highest BCUT2D eigenvalue weighted by atomic mass is 31.2. The summed E-state index contributed by atoms with van der Waals surface area (Å²) in [4.78, 5) is 27.4. The van der Waals surface area contributed by atoms with E-state index in [0.717, 1.165) is 15.9 Å². The maximum absolute atomic E-state index is 14.0. The largest absolute Gasteiger partial charge is 0.465 e. The van der Waals surface area contributed by atoms with Crippen molar-refractivity contribution in [3.63, 3.8) is 0 Å². The van der Waals surface area contributed by atoms with Crippen LogP contribution in [0.4, 0.5) is 0 Å². The summed E-state index contributed by atoms with van der Waals surface area (Å²) in [6.07, 6.45) is 0. The molecule has 0 heterocycles. The number of ether oxygens (including phenoxy) is 1. The van der Waals surface area contributed by atoms with Crippen molar-refractivity contribution in [2.75, 3.05) is 7.11 Å². The maximum Gasteiger partial charge on any atom is 0.342 e. The van der Waals surface area contributed by atoms with E-state index < -0.39 is 12.9 Å². The predicted octanol–water partition coefficient (Wildman–Crippen LogP) is 4.21. The van der Waals surface area contributed by atoms with Gasteiger partial charge in [-0.15, -0.1) is 0 Å². The molecule has 0 amide bonds. The lowest BCUT2D eigenvalue weighted by molar-refractivity contribution is -0.132. The molecule has 0 aliphatic rings. The summed E-state index contributed by atoms with van der Waals surface area (Å²) >= 11 is 0. The Morgan fingerprint density at radius 3 is 1.25 bits per heavy atom. The molecule has 158 valence electrons. The van der Waals surface area contributed by atoms with Gasteiger partial charge in [-0.05, 0) is 22.8 Å². The summed E-state index contributed by atoms with van der Waals surface area (Å²) in [5.41, 5.74) is 0.458. The molecule has 0 unspecified atom stereocenters. The molecule has 0 atom stereocenters. The fraction of sp³-hybridized carbons (Fsp3) is 0.0357. The van der Waals surface area contributed by atoms with Crippen molar-refractivity contribution < 1.29 is 14.3 Å². The van der Waals surface area contributed by atoms with E-state index in [2.05, 4.69) is 0 Å². The van der Waals surface area contributed by atoms with Crippen LogP contribution in [0, 0.1) is 0 Å². The van der Waals surface area contributed by atoms with E-state index in [0.29, 0.717) is 5.56 Å². The first-order valence-corrected chi connectivity index (χ1v) is 12.1. The number of carbonyl (C=O) groups is 2. The molecule has 0 spiro atoms. The van der Waals surface area contributed by atoms with Crippen LogP contribution in [-0.2, 0) is 9.53 Å². The molecule has 0 aliphatic carbocycles. The summed E-state index contributed by atoms with van der Waals surface area (Å²) in [5, 5.41) is 2.92. The lowest BCUT2D eigenvalue weighted by Gasteiger charge is -2.31. The van der Waals surface area contributed by atoms with Gasteiger partial charge in [-0.1, -0.05) is 121 Å². The molecule has 3 nitrogen and oxygen atoms in total. The number of benzene rings is 4. The average molecular weight is 438 g/mol. The van der Waals surface area contributed by atoms with E-state index in [1.54, 1.807) is 24.3 Å². The van der Waals surface area contributed by atoms with Crippen LogP contribution in [0.5, 0.6) is 0 Å². The van der Waals surface area contributed by atoms with Crippen LogP contribution in [0.15, 0.2) is 121 Å². The molecule has 4 rings (SSSR count). The van der Waals surface area contributed by atoms with Crippen molar-refractivity contribution in [1.82, 2.24) is 0 Å². The van der Waals surface area contributed by atoms with Crippen LogP contribution in [0.1, 0.15) is 10.4 Å². The molecule has 0 saturated carbocycles. The minimum absolute atomic E-state index is 0.162. The van der Waals surface area contributed by atoms with E-state index >= 15 is 0 Å². The van der Waals surface area contributed by atoms with Gasteiger partial charge < -0.3 is 4.74 Å². The number of esters is 1. The number of carbonyl (C=O) groups excluding carboxylic acids is 2. The zero-order chi connectivity index (χ0) is 22.4. The van der Waals surface area contributed by atoms with Gasteiger partial charge in [0.25, 0.3) is 0 Å². The van der Waals surface area contributed by atoms with E-state index in [1.807, 2.05) is 97.1 Å². The van der Waals surface area contributed by atoms with Gasteiger partial charge in [-0.2, -0.15) is 0 Å². The third kappa shape index (κ3) is 3.84. The monoisotopic (exact) mass is 438 g/mol. The summed E-state index contributed by atoms with van der Waals surface area (Å²) in [7, 11) is 1.33. The fourth-order valence-electron chi connectivity index (χ4n) is 3.99. The van der Waals surface area contributed by atoms with Gasteiger partial charge in [0.05, 0.1) is 7.11 Å². The summed E-state index contributed by atoms with van der Waals surface area (Å²) in [6.45, 7) is -2.87. The van der Waals surface area contributed by atoms with Crippen molar-refractivity contribution in [3.05, 3.63) is 127 Å². The number of hydrogen-bond acceptors (Lipinski definition) is 3. The predicted molar refractivity (Wildman–Crippen MR) is 133 cm³/mol. The van der Waals surface area contributed by atoms with Crippen LogP contribution in [0.3, 0.4) is 0 Å². The first-order valence-electron chi connectivity index (χ1n) is 10.3. The van der Waals surface area contributed by atoms with Crippen LogP contribution in [0.2, 0.25) is 0 Å². The van der Waals surface area contributed by atoms with Gasteiger partial charge in [0.15, 0.2) is 0 Å². The van der Waals surface area contributed by atoms with Gasteiger partial charge in [0, 0.05) is 5.56 Å². The number of ketones is 1. The van der Waals surface area contributed by atoms with Crippen LogP contribution < -0.4 is 15.9 Å². The smallest absolute Gasteiger partial charge is 0.342 e. The molecular weight excluding hydrogens is 415 g/mol. The van der Waals surface area contributed by atoms with Gasteiger partial charge in [-0.25, -0.2) is 4.79 Å². The number of hydrogen-bond donors (Lipinski definition) is 0. The Bertz CT molecular complexity index is 1160. The Morgan fingerprint density at radius 2 is 0.906 bits per heavy atom. The highest BCUT2D eigenvalue weighted by Crippen LogP contribution is 2.47. The zero-order valence-corrected chi connectivity index (χ0v) is 18.6. The van der Waals surface area contributed by atoms with Crippen LogP contribution in [-0.4, -0.2) is 24.2 Å². The molecule has 4 aromatic rings. The normalized spacial score (nSPS) is 10.9. The minimum Gasteiger partial charge on any atom is -0.465 e. The Labute approximate surface area is 188 Å². The Balaban J connectivity index is 2.27. The van der Waals surface area contributed by atoms with Gasteiger partial charge in [0.2, 0.25) is 5.78 Å². The van der Waals surface area contributed by atoms with E-state index in [4.69, 9.17) is 4.74 Å². The molecule has 0 radical (unpaired) electrons. The molecule has 0 N–H and O–H groups in total. The molecule has 0 aromatic heterocycles. The minimum atomic E-state index is -2.87. The maximum atomic E-state index is 14.0. The third-order valence-corrected chi connectivity index (χ3v) is 9.67. The zero-order valence-electron chi connectivity index (χ0n) is 17.7. The topological polar surface area (TPSA) is 43.4 Å². The van der Waals surface area contributed by atoms with Crippen molar-refractivity contribution in [1.29, 1.82) is 0 Å². The molecule has 0 aliphatic heterocycles. The Kier molecular flexibility index (Phi) is 6.49. The summed E-state index contributed by atoms with van der Waals surface area (Å²) < 4.78 is 5.26. The second kappa shape index (κ2) is 9.64. The van der Waals surface area contributed by atoms with Crippen LogP contribution >= 0.6 is 6.89 Å². The van der Waals surface area contributed by atoms with E-state index in [1.165, 1.54) is 7.11 Å². The summed E-state index contributed by atoms with van der Waals surface area (Å²) in [6, 6.07) is 38.4. The van der Waals surface area contributed by atoms with Crippen LogP contribution in [0.25, 0.3) is 0 Å². The van der Waals surface area contributed by atoms with Crippen molar-refractivity contribution in [2.24, 2.45) is 0 Å². The first kappa shape index (κ1) is 21.5. The SMILES string of the molecule is COC(=O)C(C(=O)c1ccccc1)=P(c1ccccc1)(c1ccccc1)c1ccccc1. The van der Waals surface area contributed by atoms with Crippen molar-refractivity contribution in [3.8, 4) is 0 Å². The molecule has 32 heavy (non-hydrogen) atoms. The number of Topliss-reactive ketones (excluding diaryl/α,β-unsaturated/α-hetero) is 1. The van der Waals surface area contributed by atoms with E-state index in [-0.39, 0.29) is 11.1 Å². The second-order valence-electron chi connectivity index (χ2n) is 7.21. The highest BCUT2D eigenvalue weighted by Gasteiger charge is 2.37. The number of methoxy groups -OCH3 is 1. The first-order chi connectivity index (χ1) is 15.7. The van der Waals surface area contributed by atoms with Gasteiger partial charge in [-0.3, -0.25) is 4.79 Å².